The molecule has 27 heavy (non-hydrogen) atoms. The van der Waals surface area contributed by atoms with Crippen LogP contribution in [0.4, 0.5) is 9.52 Å². The van der Waals surface area contributed by atoms with E-state index in [2.05, 4.69) is 10.3 Å². The van der Waals surface area contributed by atoms with Crippen LogP contribution in [0.5, 0.6) is 5.75 Å². The summed E-state index contributed by atoms with van der Waals surface area (Å²) >= 11 is 1.36. The summed E-state index contributed by atoms with van der Waals surface area (Å²) in [6.45, 7) is 1.33. The number of Topliss-reactive ketones (excluding diaryl/α,β-unsaturated/α-hetero) is 1. The van der Waals surface area contributed by atoms with Gasteiger partial charge in [-0.15, -0.1) is 11.3 Å². The van der Waals surface area contributed by atoms with E-state index >= 15 is 0 Å². The summed E-state index contributed by atoms with van der Waals surface area (Å²) < 4.78 is 18.3. The van der Waals surface area contributed by atoms with Crippen molar-refractivity contribution in [2.24, 2.45) is 0 Å². The van der Waals surface area contributed by atoms with Gasteiger partial charge in [-0.3, -0.25) is 14.9 Å². The van der Waals surface area contributed by atoms with Crippen molar-refractivity contribution in [2.45, 2.75) is 13.3 Å². The van der Waals surface area contributed by atoms with E-state index in [1.165, 1.54) is 30.4 Å². The second-order valence-corrected chi connectivity index (χ2v) is 6.97. The van der Waals surface area contributed by atoms with Crippen molar-refractivity contribution < 1.29 is 18.7 Å². The quantitative estimate of drug-likeness (QED) is 0.623. The predicted octanol–water partition coefficient (Wildman–Crippen LogP) is 4.09. The fourth-order valence-corrected chi connectivity index (χ4v) is 3.20. The van der Waals surface area contributed by atoms with E-state index in [0.717, 1.165) is 10.4 Å². The Hall–Kier alpha value is -3.06. The Labute approximate surface area is 159 Å². The zero-order chi connectivity index (χ0) is 19.2. The Morgan fingerprint density at radius 2 is 1.81 bits per heavy atom. The highest BCUT2D eigenvalue weighted by molar-refractivity contribution is 7.15. The summed E-state index contributed by atoms with van der Waals surface area (Å²) in [4.78, 5) is 28.4. The van der Waals surface area contributed by atoms with Gasteiger partial charge in [0, 0.05) is 23.1 Å². The first-order valence-electron chi connectivity index (χ1n) is 8.22. The van der Waals surface area contributed by atoms with Crippen LogP contribution < -0.4 is 10.1 Å². The third kappa shape index (κ3) is 5.46. The molecule has 0 aliphatic heterocycles. The molecule has 0 saturated heterocycles. The molecule has 3 rings (SSSR count). The lowest BCUT2D eigenvalue weighted by atomic mass is 10.1. The maximum Gasteiger partial charge on any atom is 0.264 e. The maximum absolute atomic E-state index is 12.9. The second-order valence-electron chi connectivity index (χ2n) is 5.85. The molecule has 0 saturated carbocycles. The summed E-state index contributed by atoms with van der Waals surface area (Å²) in [6, 6.07) is 12.9. The lowest BCUT2D eigenvalue weighted by Crippen LogP contribution is -2.20. The maximum atomic E-state index is 12.9. The number of hydrogen-bond acceptors (Lipinski definition) is 5. The Kier molecular flexibility index (Phi) is 5.93. The van der Waals surface area contributed by atoms with Crippen LogP contribution in [0.25, 0.3) is 0 Å². The van der Waals surface area contributed by atoms with E-state index in [0.29, 0.717) is 22.9 Å². The Balaban J connectivity index is 1.50. The molecule has 1 heterocycles. The minimum absolute atomic E-state index is 0.0282. The van der Waals surface area contributed by atoms with Gasteiger partial charge >= 0.3 is 0 Å². The fraction of sp³-hybridized carbons (Fsp3) is 0.150. The molecule has 0 bridgehead atoms. The highest BCUT2D eigenvalue weighted by atomic mass is 32.1. The zero-order valence-corrected chi connectivity index (χ0v) is 15.4. The molecule has 1 amide bonds. The van der Waals surface area contributed by atoms with Crippen molar-refractivity contribution in [1.29, 1.82) is 0 Å². The molecule has 7 heteroatoms. The Morgan fingerprint density at radius 3 is 2.48 bits per heavy atom. The van der Waals surface area contributed by atoms with Crippen LogP contribution >= 0.6 is 11.3 Å². The second kappa shape index (κ2) is 8.55. The van der Waals surface area contributed by atoms with Crippen molar-refractivity contribution >= 4 is 28.2 Å². The van der Waals surface area contributed by atoms with E-state index in [9.17, 15) is 14.0 Å². The van der Waals surface area contributed by atoms with Gasteiger partial charge in [0.1, 0.15) is 11.6 Å². The number of hydrogen-bond donors (Lipinski definition) is 1. The van der Waals surface area contributed by atoms with Gasteiger partial charge in [-0.25, -0.2) is 9.37 Å². The van der Waals surface area contributed by atoms with Crippen molar-refractivity contribution in [2.75, 3.05) is 11.9 Å². The largest absolute Gasteiger partial charge is 0.484 e. The molecule has 0 atom stereocenters. The number of nitrogens with zero attached hydrogens (tertiary/aromatic N) is 1. The molecular formula is C20H17FN2O3S. The predicted molar refractivity (Wildman–Crippen MR) is 102 cm³/mol. The summed E-state index contributed by atoms with van der Waals surface area (Å²) in [6.07, 6.45) is 2.30. The average Bonchev–Trinajstić information content (AvgIpc) is 3.09. The van der Waals surface area contributed by atoms with Crippen LogP contribution in [0, 0.1) is 5.82 Å². The van der Waals surface area contributed by atoms with Crippen LogP contribution in [-0.2, 0) is 11.2 Å². The minimum Gasteiger partial charge on any atom is -0.484 e. The van der Waals surface area contributed by atoms with Gasteiger partial charge < -0.3 is 4.74 Å². The monoisotopic (exact) mass is 384 g/mol. The topological polar surface area (TPSA) is 68.3 Å². The molecule has 1 aromatic heterocycles. The summed E-state index contributed by atoms with van der Waals surface area (Å²) in [5.74, 6) is -0.119. The van der Waals surface area contributed by atoms with E-state index in [4.69, 9.17) is 4.74 Å². The molecule has 0 aliphatic rings. The highest BCUT2D eigenvalue weighted by Gasteiger charge is 2.09. The van der Waals surface area contributed by atoms with Crippen LogP contribution in [0.15, 0.2) is 54.7 Å². The average molecular weight is 384 g/mol. The number of ether oxygens (including phenoxy) is 1. The van der Waals surface area contributed by atoms with Gasteiger partial charge in [-0.2, -0.15) is 0 Å². The summed E-state index contributed by atoms with van der Waals surface area (Å²) in [5.41, 5.74) is 1.55. The number of carbonyl (C=O) groups excluding carboxylic acids is 2. The number of thiazole rings is 1. The standard InChI is InChI=1S/C20H17FN2O3S/c1-13(24)15-4-8-17(9-5-15)26-12-19(25)23-20-22-11-18(27-20)10-14-2-6-16(21)7-3-14/h2-9,11H,10,12H2,1H3,(H,22,23,25). The van der Waals surface area contributed by atoms with Gasteiger partial charge in [0.25, 0.3) is 5.91 Å². The van der Waals surface area contributed by atoms with Crippen LogP contribution in [0.3, 0.4) is 0 Å². The van der Waals surface area contributed by atoms with Crippen molar-refractivity contribution in [3.8, 4) is 5.75 Å². The number of anilines is 1. The number of halogens is 1. The van der Waals surface area contributed by atoms with Crippen LogP contribution in [-0.4, -0.2) is 23.3 Å². The van der Waals surface area contributed by atoms with E-state index in [1.807, 2.05) is 0 Å². The fourth-order valence-electron chi connectivity index (χ4n) is 2.34. The number of ketones is 1. The molecule has 2 aromatic carbocycles. The third-order valence-corrected chi connectivity index (χ3v) is 4.64. The van der Waals surface area contributed by atoms with Gasteiger partial charge in [-0.1, -0.05) is 12.1 Å². The molecule has 0 unspecified atom stereocenters. The molecule has 0 aliphatic carbocycles. The number of rotatable bonds is 7. The number of carbonyl (C=O) groups is 2. The highest BCUT2D eigenvalue weighted by Crippen LogP contribution is 2.21. The van der Waals surface area contributed by atoms with Crippen molar-refractivity contribution in [3.05, 3.63) is 76.5 Å². The first-order chi connectivity index (χ1) is 13.0. The smallest absolute Gasteiger partial charge is 0.264 e. The van der Waals surface area contributed by atoms with E-state index < -0.39 is 0 Å². The molecule has 0 fully saturated rings. The van der Waals surface area contributed by atoms with E-state index in [1.54, 1.807) is 42.6 Å². The molecule has 138 valence electrons. The number of aromatic nitrogens is 1. The molecule has 5 nitrogen and oxygen atoms in total. The molecular weight excluding hydrogens is 367 g/mol. The third-order valence-electron chi connectivity index (χ3n) is 3.72. The zero-order valence-electron chi connectivity index (χ0n) is 14.6. The SMILES string of the molecule is CC(=O)c1ccc(OCC(=O)Nc2ncc(Cc3ccc(F)cc3)s2)cc1. The minimum atomic E-state index is -0.326. The number of nitrogens with one attached hydrogen (secondary N) is 1. The summed E-state index contributed by atoms with van der Waals surface area (Å²) in [7, 11) is 0. The van der Waals surface area contributed by atoms with Gasteiger partial charge in [0.2, 0.25) is 0 Å². The number of amides is 1. The number of benzene rings is 2. The Bertz CT molecular complexity index is 937. The lowest BCUT2D eigenvalue weighted by Gasteiger charge is -2.06. The normalized spacial score (nSPS) is 10.4. The van der Waals surface area contributed by atoms with E-state index in [-0.39, 0.29) is 24.1 Å². The van der Waals surface area contributed by atoms with Crippen molar-refractivity contribution in [1.82, 2.24) is 4.98 Å². The van der Waals surface area contributed by atoms with Gasteiger partial charge in [0.15, 0.2) is 17.5 Å². The lowest BCUT2D eigenvalue weighted by molar-refractivity contribution is -0.118. The molecule has 0 spiro atoms. The van der Waals surface area contributed by atoms with Gasteiger partial charge in [-0.05, 0) is 48.9 Å². The first kappa shape index (κ1) is 18.7. The molecule has 3 aromatic rings. The molecule has 1 N–H and O–H groups in total. The summed E-state index contributed by atoms with van der Waals surface area (Å²) in [5, 5.41) is 3.17. The van der Waals surface area contributed by atoms with Gasteiger partial charge in [0.05, 0.1) is 0 Å². The van der Waals surface area contributed by atoms with Crippen molar-refractivity contribution in [3.63, 3.8) is 0 Å². The van der Waals surface area contributed by atoms with Crippen LogP contribution in [0.2, 0.25) is 0 Å². The first-order valence-corrected chi connectivity index (χ1v) is 9.04. The van der Waals surface area contributed by atoms with Crippen LogP contribution in [0.1, 0.15) is 27.7 Å². The molecule has 0 radical (unpaired) electrons. The Morgan fingerprint density at radius 1 is 1.11 bits per heavy atom.